The summed E-state index contributed by atoms with van der Waals surface area (Å²) < 4.78 is 11.5. The van der Waals surface area contributed by atoms with Crippen LogP contribution in [0, 0.1) is 0 Å². The van der Waals surface area contributed by atoms with Crippen LogP contribution in [0.25, 0.3) is 0 Å². The van der Waals surface area contributed by atoms with Gasteiger partial charge in [0.25, 0.3) is 0 Å². The lowest BCUT2D eigenvalue weighted by atomic mass is 10.2. The first-order valence-corrected chi connectivity index (χ1v) is 11.6. The smallest absolute Gasteiger partial charge is 0.161 e. The molecule has 1 aliphatic rings. The van der Waals surface area contributed by atoms with Gasteiger partial charge in [-0.2, -0.15) is 0 Å². The number of methoxy groups -OCH3 is 1. The molecule has 1 N–H and O–H groups in total. The molecule has 5 nitrogen and oxygen atoms in total. The van der Waals surface area contributed by atoms with Crippen molar-refractivity contribution in [1.29, 1.82) is 0 Å². The quantitative estimate of drug-likeness (QED) is 0.496. The average molecular weight is 432 g/mol. The van der Waals surface area contributed by atoms with E-state index >= 15 is 0 Å². The number of pyridine rings is 1. The molecule has 32 heavy (non-hydrogen) atoms. The Hall–Kier alpha value is -3.05. The van der Waals surface area contributed by atoms with E-state index in [2.05, 4.69) is 46.6 Å². The van der Waals surface area contributed by atoms with Crippen molar-refractivity contribution in [3.05, 3.63) is 83.6 Å². The summed E-state index contributed by atoms with van der Waals surface area (Å²) in [5.41, 5.74) is 3.48. The van der Waals surface area contributed by atoms with Gasteiger partial charge in [-0.05, 0) is 47.7 Å². The number of ether oxygens (including phenoxy) is 2. The molecule has 4 rings (SSSR count). The van der Waals surface area contributed by atoms with E-state index in [1.807, 2.05) is 30.5 Å². The Bertz CT molecular complexity index is 952. The minimum Gasteiger partial charge on any atom is -0.493 e. The minimum absolute atomic E-state index is 0.517. The Balaban J connectivity index is 1.30. The van der Waals surface area contributed by atoms with Crippen LogP contribution < -0.4 is 19.7 Å². The summed E-state index contributed by atoms with van der Waals surface area (Å²) >= 11 is 0. The second kappa shape index (κ2) is 11.5. The second-order valence-corrected chi connectivity index (χ2v) is 8.29. The molecule has 0 atom stereocenters. The zero-order chi connectivity index (χ0) is 22.0. The number of aromatic nitrogens is 1. The number of benzene rings is 2. The van der Waals surface area contributed by atoms with Crippen molar-refractivity contribution in [3.63, 3.8) is 0 Å². The summed E-state index contributed by atoms with van der Waals surface area (Å²) in [7, 11) is 1.67. The first-order chi connectivity index (χ1) is 15.8. The van der Waals surface area contributed by atoms with Gasteiger partial charge in [0, 0.05) is 32.4 Å². The third kappa shape index (κ3) is 6.24. The molecule has 1 saturated heterocycles. The van der Waals surface area contributed by atoms with E-state index in [9.17, 15) is 0 Å². The number of anilines is 1. The molecule has 0 bridgehead atoms. The van der Waals surface area contributed by atoms with Crippen molar-refractivity contribution >= 4 is 5.82 Å². The Morgan fingerprint density at radius 2 is 1.56 bits per heavy atom. The van der Waals surface area contributed by atoms with Crippen LogP contribution in [0.1, 0.15) is 42.4 Å². The van der Waals surface area contributed by atoms with Gasteiger partial charge < -0.3 is 19.7 Å². The van der Waals surface area contributed by atoms with Crippen molar-refractivity contribution in [2.45, 2.75) is 45.4 Å². The third-order valence-corrected chi connectivity index (χ3v) is 5.86. The van der Waals surface area contributed by atoms with E-state index in [1.54, 1.807) is 7.11 Å². The van der Waals surface area contributed by atoms with E-state index in [-0.39, 0.29) is 0 Å². The minimum atomic E-state index is 0.517. The maximum atomic E-state index is 6.03. The fourth-order valence-electron chi connectivity index (χ4n) is 4.04. The molecule has 168 valence electrons. The highest BCUT2D eigenvalue weighted by atomic mass is 16.5. The second-order valence-electron chi connectivity index (χ2n) is 8.29. The SMILES string of the molecule is COc1ccc(CNCc2ccc(N3CCCCCC3)nc2)cc1OCc1ccccc1. The number of nitrogens with zero attached hydrogens (tertiary/aromatic N) is 2. The van der Waals surface area contributed by atoms with Crippen molar-refractivity contribution < 1.29 is 9.47 Å². The topological polar surface area (TPSA) is 46.6 Å². The molecule has 3 aromatic rings. The summed E-state index contributed by atoms with van der Waals surface area (Å²) in [4.78, 5) is 7.12. The standard InChI is InChI=1S/C27H33N3O2/c1-31-25-13-11-23(17-26(25)32-21-22-9-5-4-6-10-22)18-28-19-24-12-14-27(29-20-24)30-15-7-2-3-8-16-30/h4-6,9-14,17,20,28H,2-3,7-8,15-16,18-19,21H2,1H3. The highest BCUT2D eigenvalue weighted by Crippen LogP contribution is 2.29. The molecule has 0 aliphatic carbocycles. The first-order valence-electron chi connectivity index (χ1n) is 11.6. The lowest BCUT2D eigenvalue weighted by Crippen LogP contribution is -2.24. The van der Waals surface area contributed by atoms with Crippen LogP contribution in [0.2, 0.25) is 0 Å². The normalized spacial score (nSPS) is 14.1. The molecule has 0 radical (unpaired) electrons. The van der Waals surface area contributed by atoms with Crippen LogP contribution in [0.3, 0.4) is 0 Å². The molecule has 0 spiro atoms. The summed E-state index contributed by atoms with van der Waals surface area (Å²) in [6, 6.07) is 20.6. The zero-order valence-corrected chi connectivity index (χ0v) is 18.9. The van der Waals surface area contributed by atoms with Gasteiger partial charge in [0.1, 0.15) is 12.4 Å². The van der Waals surface area contributed by atoms with Gasteiger partial charge in [-0.3, -0.25) is 0 Å². The van der Waals surface area contributed by atoms with Crippen LogP contribution in [0.4, 0.5) is 5.82 Å². The Morgan fingerprint density at radius 3 is 2.28 bits per heavy atom. The lowest BCUT2D eigenvalue weighted by Gasteiger charge is -2.21. The number of rotatable bonds is 9. The van der Waals surface area contributed by atoms with Gasteiger partial charge in [0.05, 0.1) is 7.11 Å². The summed E-state index contributed by atoms with van der Waals surface area (Å²) in [6.45, 7) is 4.29. The molecule has 1 aliphatic heterocycles. The zero-order valence-electron chi connectivity index (χ0n) is 18.9. The summed E-state index contributed by atoms with van der Waals surface area (Å²) in [5.74, 6) is 2.61. The molecule has 1 fully saturated rings. The maximum absolute atomic E-state index is 6.03. The van der Waals surface area contributed by atoms with E-state index in [0.29, 0.717) is 6.61 Å². The molecule has 0 saturated carbocycles. The first kappa shape index (κ1) is 22.2. The van der Waals surface area contributed by atoms with Gasteiger partial charge in [-0.1, -0.05) is 55.3 Å². The Labute approximate surface area is 191 Å². The number of hydrogen-bond donors (Lipinski definition) is 1. The van der Waals surface area contributed by atoms with E-state index < -0.39 is 0 Å². The largest absolute Gasteiger partial charge is 0.493 e. The molecule has 5 heteroatoms. The van der Waals surface area contributed by atoms with Crippen molar-refractivity contribution in [1.82, 2.24) is 10.3 Å². The maximum Gasteiger partial charge on any atom is 0.161 e. The Morgan fingerprint density at radius 1 is 0.812 bits per heavy atom. The molecule has 0 unspecified atom stereocenters. The van der Waals surface area contributed by atoms with Gasteiger partial charge in [0.2, 0.25) is 0 Å². The lowest BCUT2D eigenvalue weighted by molar-refractivity contribution is 0.284. The Kier molecular flexibility index (Phi) is 7.99. The van der Waals surface area contributed by atoms with Gasteiger partial charge in [-0.15, -0.1) is 0 Å². The van der Waals surface area contributed by atoms with Crippen molar-refractivity contribution in [2.24, 2.45) is 0 Å². The molecular formula is C27H33N3O2. The van der Waals surface area contributed by atoms with E-state index in [1.165, 1.54) is 31.2 Å². The predicted octanol–water partition coefficient (Wildman–Crippen LogP) is 5.34. The third-order valence-electron chi connectivity index (χ3n) is 5.86. The van der Waals surface area contributed by atoms with Crippen LogP contribution in [-0.4, -0.2) is 25.2 Å². The number of nitrogens with one attached hydrogen (secondary N) is 1. The molecule has 2 aromatic carbocycles. The molecule has 0 amide bonds. The van der Waals surface area contributed by atoms with Gasteiger partial charge >= 0.3 is 0 Å². The average Bonchev–Trinajstić information content (AvgIpc) is 3.14. The fourth-order valence-corrected chi connectivity index (χ4v) is 4.04. The molecular weight excluding hydrogens is 398 g/mol. The predicted molar refractivity (Wildman–Crippen MR) is 129 cm³/mol. The monoisotopic (exact) mass is 431 g/mol. The van der Waals surface area contributed by atoms with Crippen molar-refractivity contribution in [3.8, 4) is 11.5 Å². The fraction of sp³-hybridized carbons (Fsp3) is 0.370. The van der Waals surface area contributed by atoms with Crippen LogP contribution in [0.5, 0.6) is 11.5 Å². The highest BCUT2D eigenvalue weighted by molar-refractivity contribution is 5.43. The molecule has 1 aromatic heterocycles. The van der Waals surface area contributed by atoms with Crippen LogP contribution >= 0.6 is 0 Å². The number of hydrogen-bond acceptors (Lipinski definition) is 5. The van der Waals surface area contributed by atoms with Gasteiger partial charge in [0.15, 0.2) is 11.5 Å². The highest BCUT2D eigenvalue weighted by Gasteiger charge is 2.11. The molecule has 2 heterocycles. The van der Waals surface area contributed by atoms with Crippen LogP contribution in [0.15, 0.2) is 66.9 Å². The van der Waals surface area contributed by atoms with Crippen molar-refractivity contribution in [2.75, 3.05) is 25.1 Å². The van der Waals surface area contributed by atoms with Gasteiger partial charge in [-0.25, -0.2) is 4.98 Å². The summed E-state index contributed by atoms with van der Waals surface area (Å²) in [6.07, 6.45) is 7.20. The van der Waals surface area contributed by atoms with Crippen LogP contribution in [-0.2, 0) is 19.7 Å². The van der Waals surface area contributed by atoms with E-state index in [0.717, 1.165) is 54.6 Å². The van der Waals surface area contributed by atoms with E-state index in [4.69, 9.17) is 14.5 Å². The summed E-state index contributed by atoms with van der Waals surface area (Å²) in [5, 5.41) is 3.52.